The molecule has 1 rings (SSSR count). The van der Waals surface area contributed by atoms with Gasteiger partial charge < -0.3 is 5.32 Å². The van der Waals surface area contributed by atoms with E-state index in [0.717, 1.165) is 17.5 Å². The van der Waals surface area contributed by atoms with Gasteiger partial charge in [0.05, 0.1) is 0 Å². The summed E-state index contributed by atoms with van der Waals surface area (Å²) in [6, 6.07) is 0.557. The summed E-state index contributed by atoms with van der Waals surface area (Å²) in [4.78, 5) is 4.24. The first kappa shape index (κ1) is 14.5. The normalized spacial score (nSPS) is 14.8. The van der Waals surface area contributed by atoms with E-state index in [1.165, 1.54) is 12.8 Å². The minimum atomic E-state index is 0.557. The zero-order chi connectivity index (χ0) is 12.7. The van der Waals surface area contributed by atoms with Crippen molar-refractivity contribution in [2.24, 2.45) is 13.0 Å². The monoisotopic (exact) mass is 256 g/mol. The molecule has 0 spiro atoms. The number of aromatic nitrogens is 3. The molecule has 2 atom stereocenters. The van der Waals surface area contributed by atoms with Crippen molar-refractivity contribution >= 4 is 11.8 Å². The molecule has 0 saturated carbocycles. The maximum Gasteiger partial charge on any atom is 0.185 e. The largest absolute Gasteiger partial charge is 0.313 e. The van der Waals surface area contributed by atoms with Gasteiger partial charge in [-0.3, -0.25) is 0 Å². The smallest absolute Gasteiger partial charge is 0.185 e. The molecule has 1 aromatic heterocycles. The molecule has 1 heterocycles. The number of nitrogens with zero attached hydrogens (tertiary/aromatic N) is 3. The highest BCUT2D eigenvalue weighted by atomic mass is 32.2. The highest BCUT2D eigenvalue weighted by Gasteiger charge is 2.16. The number of rotatable bonds is 8. The first-order chi connectivity index (χ1) is 8.19. The van der Waals surface area contributed by atoms with Crippen molar-refractivity contribution in [2.75, 3.05) is 12.3 Å². The Bertz CT molecular complexity index is 313. The Morgan fingerprint density at radius 1 is 1.47 bits per heavy atom. The number of hydrogen-bond acceptors (Lipinski definition) is 4. The predicted molar refractivity (Wildman–Crippen MR) is 73.3 cm³/mol. The molecule has 0 aromatic carbocycles. The van der Waals surface area contributed by atoms with E-state index in [1.807, 2.05) is 11.7 Å². The molecule has 0 aliphatic heterocycles. The lowest BCUT2D eigenvalue weighted by atomic mass is 10.0. The van der Waals surface area contributed by atoms with Gasteiger partial charge in [-0.15, -0.1) is 0 Å². The van der Waals surface area contributed by atoms with Crippen molar-refractivity contribution in [1.29, 1.82) is 0 Å². The molecule has 0 fully saturated rings. The second-order valence-electron chi connectivity index (χ2n) is 4.42. The van der Waals surface area contributed by atoms with Crippen LogP contribution in [-0.2, 0) is 7.05 Å². The van der Waals surface area contributed by atoms with Crippen LogP contribution in [0.1, 0.15) is 33.6 Å². The Morgan fingerprint density at radius 2 is 2.24 bits per heavy atom. The minimum absolute atomic E-state index is 0.557. The molecule has 1 N–H and O–H groups in total. The van der Waals surface area contributed by atoms with E-state index < -0.39 is 0 Å². The Balaban J connectivity index is 2.45. The van der Waals surface area contributed by atoms with E-state index in [4.69, 9.17) is 0 Å². The van der Waals surface area contributed by atoms with Gasteiger partial charge in [0.25, 0.3) is 0 Å². The molecule has 5 heteroatoms. The van der Waals surface area contributed by atoms with Gasteiger partial charge in [0.1, 0.15) is 6.33 Å². The van der Waals surface area contributed by atoms with E-state index in [-0.39, 0.29) is 0 Å². The van der Waals surface area contributed by atoms with Gasteiger partial charge in [0.2, 0.25) is 0 Å². The first-order valence-corrected chi connectivity index (χ1v) is 7.37. The van der Waals surface area contributed by atoms with E-state index in [1.54, 1.807) is 18.1 Å². The number of thioether (sulfide) groups is 1. The highest BCUT2D eigenvalue weighted by molar-refractivity contribution is 7.99. The third kappa shape index (κ3) is 4.68. The predicted octanol–water partition coefficient (Wildman–Crippen LogP) is 2.32. The lowest BCUT2D eigenvalue weighted by Crippen LogP contribution is -2.37. The van der Waals surface area contributed by atoms with E-state index in [0.29, 0.717) is 12.0 Å². The summed E-state index contributed by atoms with van der Waals surface area (Å²) in [5, 5.41) is 8.71. The molecule has 0 bridgehead atoms. The average Bonchev–Trinajstić information content (AvgIpc) is 2.74. The van der Waals surface area contributed by atoms with Gasteiger partial charge in [-0.25, -0.2) is 9.67 Å². The SMILES string of the molecule is CCCNC(CSc1ncnn1C)C(C)CC. The van der Waals surface area contributed by atoms with Gasteiger partial charge in [0.15, 0.2) is 5.16 Å². The molecular formula is C12H24N4S. The Hall–Kier alpha value is -0.550. The third-order valence-corrected chi connectivity index (χ3v) is 4.20. The fraction of sp³-hybridized carbons (Fsp3) is 0.833. The maximum absolute atomic E-state index is 4.24. The minimum Gasteiger partial charge on any atom is -0.313 e. The fourth-order valence-corrected chi connectivity index (χ4v) is 2.75. The zero-order valence-corrected chi connectivity index (χ0v) is 12.1. The first-order valence-electron chi connectivity index (χ1n) is 6.39. The van der Waals surface area contributed by atoms with Gasteiger partial charge in [-0.2, -0.15) is 5.10 Å². The second-order valence-corrected chi connectivity index (χ2v) is 5.41. The van der Waals surface area contributed by atoms with Crippen LogP contribution >= 0.6 is 11.8 Å². The van der Waals surface area contributed by atoms with Gasteiger partial charge in [-0.1, -0.05) is 39.0 Å². The lowest BCUT2D eigenvalue weighted by Gasteiger charge is -2.23. The molecule has 0 radical (unpaired) electrons. The number of nitrogens with one attached hydrogen (secondary N) is 1. The molecule has 17 heavy (non-hydrogen) atoms. The van der Waals surface area contributed by atoms with Crippen LogP contribution in [0.2, 0.25) is 0 Å². The van der Waals surface area contributed by atoms with Crippen LogP contribution in [0.25, 0.3) is 0 Å². The van der Waals surface area contributed by atoms with Crippen LogP contribution in [0.4, 0.5) is 0 Å². The molecule has 2 unspecified atom stereocenters. The van der Waals surface area contributed by atoms with Crippen molar-refractivity contribution < 1.29 is 0 Å². The third-order valence-electron chi connectivity index (χ3n) is 3.05. The second kappa shape index (κ2) is 7.71. The molecule has 1 aromatic rings. The molecule has 0 aliphatic carbocycles. The molecule has 0 amide bonds. The van der Waals surface area contributed by atoms with Gasteiger partial charge >= 0.3 is 0 Å². The van der Waals surface area contributed by atoms with E-state index in [9.17, 15) is 0 Å². The number of hydrogen-bond donors (Lipinski definition) is 1. The summed E-state index contributed by atoms with van der Waals surface area (Å²) in [5.74, 6) is 1.75. The lowest BCUT2D eigenvalue weighted by molar-refractivity contribution is 0.396. The fourth-order valence-electron chi connectivity index (χ4n) is 1.62. The summed E-state index contributed by atoms with van der Waals surface area (Å²) in [6.07, 6.45) is 4.00. The Labute approximate surface area is 109 Å². The standard InChI is InChI=1S/C12H24N4S/c1-5-7-13-11(10(3)6-2)8-17-12-14-9-15-16(12)4/h9-11,13H,5-8H2,1-4H3. The van der Waals surface area contributed by atoms with Gasteiger partial charge in [0, 0.05) is 18.8 Å². The van der Waals surface area contributed by atoms with Gasteiger partial charge in [-0.05, 0) is 18.9 Å². The van der Waals surface area contributed by atoms with E-state index >= 15 is 0 Å². The van der Waals surface area contributed by atoms with Crippen LogP contribution < -0.4 is 5.32 Å². The van der Waals surface area contributed by atoms with Crippen LogP contribution in [-0.4, -0.2) is 33.1 Å². The number of aryl methyl sites for hydroxylation is 1. The summed E-state index contributed by atoms with van der Waals surface area (Å²) in [6.45, 7) is 7.85. The molecule has 4 nitrogen and oxygen atoms in total. The summed E-state index contributed by atoms with van der Waals surface area (Å²) < 4.78 is 1.83. The Kier molecular flexibility index (Phi) is 6.58. The topological polar surface area (TPSA) is 42.7 Å². The van der Waals surface area contributed by atoms with E-state index in [2.05, 4.69) is 36.2 Å². The van der Waals surface area contributed by atoms with Crippen molar-refractivity contribution in [1.82, 2.24) is 20.1 Å². The van der Waals surface area contributed by atoms with Crippen LogP contribution in [0, 0.1) is 5.92 Å². The summed E-state index contributed by atoms with van der Waals surface area (Å²) >= 11 is 1.78. The van der Waals surface area contributed by atoms with Crippen molar-refractivity contribution in [3.05, 3.63) is 6.33 Å². The van der Waals surface area contributed by atoms with Crippen molar-refractivity contribution in [3.8, 4) is 0 Å². The molecular weight excluding hydrogens is 232 g/mol. The summed E-state index contributed by atoms with van der Waals surface area (Å²) in [7, 11) is 1.94. The quantitative estimate of drug-likeness (QED) is 0.725. The van der Waals surface area contributed by atoms with Crippen molar-refractivity contribution in [3.63, 3.8) is 0 Å². The molecule has 0 saturated heterocycles. The van der Waals surface area contributed by atoms with Crippen LogP contribution in [0.15, 0.2) is 11.5 Å². The maximum atomic E-state index is 4.24. The molecule has 0 aliphatic rings. The summed E-state index contributed by atoms with van der Waals surface area (Å²) in [5.41, 5.74) is 0. The highest BCUT2D eigenvalue weighted by Crippen LogP contribution is 2.19. The van der Waals surface area contributed by atoms with Crippen LogP contribution in [0.3, 0.4) is 0 Å². The molecule has 98 valence electrons. The average molecular weight is 256 g/mol. The Morgan fingerprint density at radius 3 is 2.76 bits per heavy atom. The van der Waals surface area contributed by atoms with Crippen molar-refractivity contribution in [2.45, 2.75) is 44.8 Å². The zero-order valence-electron chi connectivity index (χ0n) is 11.3. The van der Waals surface area contributed by atoms with Crippen LogP contribution in [0.5, 0.6) is 0 Å².